The molecule has 0 saturated carbocycles. The molecule has 3 aromatic carbocycles. The summed E-state index contributed by atoms with van der Waals surface area (Å²) in [5.74, 6) is -0.745. The van der Waals surface area contributed by atoms with Crippen molar-refractivity contribution in [1.82, 2.24) is 15.3 Å². The maximum atomic E-state index is 14.4. The predicted octanol–water partition coefficient (Wildman–Crippen LogP) is 4.77. The number of hydrogen-bond acceptors (Lipinski definition) is 6. The van der Waals surface area contributed by atoms with Crippen LogP contribution in [0.3, 0.4) is 0 Å². The Morgan fingerprint density at radius 2 is 1.83 bits per heavy atom. The van der Waals surface area contributed by atoms with Crippen molar-refractivity contribution in [3.8, 4) is 11.5 Å². The van der Waals surface area contributed by atoms with E-state index in [0.717, 1.165) is 11.1 Å². The Hall–Kier alpha value is -4.50. The molecule has 0 spiro atoms. The van der Waals surface area contributed by atoms with Gasteiger partial charge in [-0.3, -0.25) is 14.4 Å². The first-order valence-electron chi connectivity index (χ1n) is 13.8. The van der Waals surface area contributed by atoms with Crippen molar-refractivity contribution >= 4 is 34.5 Å². The summed E-state index contributed by atoms with van der Waals surface area (Å²) in [7, 11) is 0. The van der Waals surface area contributed by atoms with Gasteiger partial charge in [0, 0.05) is 18.5 Å². The molecule has 9 nitrogen and oxygen atoms in total. The molecule has 2 heterocycles. The van der Waals surface area contributed by atoms with Gasteiger partial charge in [-0.1, -0.05) is 42.5 Å². The second-order valence-corrected chi connectivity index (χ2v) is 11.1. The number of oxazole rings is 1. The number of anilines is 1. The Balaban J connectivity index is 1.56. The summed E-state index contributed by atoms with van der Waals surface area (Å²) < 4.78 is 6.06. The van der Waals surface area contributed by atoms with Crippen LogP contribution in [-0.4, -0.2) is 45.8 Å². The zero-order valence-electron chi connectivity index (χ0n) is 23.8. The van der Waals surface area contributed by atoms with Crippen molar-refractivity contribution in [3.63, 3.8) is 0 Å². The molecule has 3 amide bonds. The molecule has 3 N–H and O–H groups in total. The number of amides is 3. The average molecular weight is 554 g/mol. The molecule has 0 fully saturated rings. The van der Waals surface area contributed by atoms with Gasteiger partial charge in [0.25, 0.3) is 11.8 Å². The van der Waals surface area contributed by atoms with Gasteiger partial charge >= 0.3 is 0 Å². The van der Waals surface area contributed by atoms with E-state index in [1.54, 1.807) is 26.0 Å². The Morgan fingerprint density at radius 1 is 1.10 bits per heavy atom. The van der Waals surface area contributed by atoms with Crippen molar-refractivity contribution in [2.24, 2.45) is 5.73 Å². The summed E-state index contributed by atoms with van der Waals surface area (Å²) >= 11 is 0. The van der Waals surface area contributed by atoms with E-state index in [1.165, 1.54) is 10.0 Å². The molecule has 5 rings (SSSR count). The zero-order valence-corrected chi connectivity index (χ0v) is 23.8. The fourth-order valence-corrected chi connectivity index (χ4v) is 5.28. The number of carbonyl (C=O) groups is 3. The van der Waals surface area contributed by atoms with Crippen LogP contribution in [0.4, 0.5) is 5.69 Å². The van der Waals surface area contributed by atoms with Gasteiger partial charge in [0.15, 0.2) is 5.58 Å². The number of nitrogens with two attached hydrogens (primary N) is 1. The first kappa shape index (κ1) is 28.0. The maximum absolute atomic E-state index is 14.4. The Morgan fingerprint density at radius 3 is 2.56 bits per heavy atom. The number of hydrogen-bond donors (Lipinski definition) is 2. The molecule has 1 atom stereocenters. The topological polar surface area (TPSA) is 122 Å². The Bertz CT molecular complexity index is 1590. The fourth-order valence-electron chi connectivity index (χ4n) is 5.28. The van der Waals surface area contributed by atoms with Crippen LogP contribution >= 0.6 is 0 Å². The lowest BCUT2D eigenvalue weighted by atomic mass is 10.0. The minimum Gasteiger partial charge on any atom is -0.436 e. The molecule has 4 aromatic rings. The highest BCUT2D eigenvalue weighted by atomic mass is 16.3. The van der Waals surface area contributed by atoms with E-state index in [-0.39, 0.29) is 30.7 Å². The van der Waals surface area contributed by atoms with Crippen LogP contribution in [0.2, 0.25) is 0 Å². The molecule has 9 heteroatoms. The van der Waals surface area contributed by atoms with Gasteiger partial charge in [0.1, 0.15) is 11.6 Å². The van der Waals surface area contributed by atoms with Crippen LogP contribution in [0.5, 0.6) is 0 Å². The van der Waals surface area contributed by atoms with Crippen molar-refractivity contribution in [2.75, 3.05) is 11.6 Å². The summed E-state index contributed by atoms with van der Waals surface area (Å²) in [6.07, 6.45) is 1.02. The third-order valence-electron chi connectivity index (χ3n) is 7.17. The van der Waals surface area contributed by atoms with Crippen LogP contribution in [0.15, 0.2) is 71.1 Å². The monoisotopic (exact) mass is 553 g/mol. The van der Waals surface area contributed by atoms with Crippen LogP contribution in [0, 0.1) is 6.92 Å². The summed E-state index contributed by atoms with van der Waals surface area (Å²) in [6.45, 7) is 7.44. The number of fused-ring (bicyclic) bond motifs is 2. The van der Waals surface area contributed by atoms with Crippen LogP contribution in [0.25, 0.3) is 22.6 Å². The highest BCUT2D eigenvalue weighted by molar-refractivity contribution is 6.07. The summed E-state index contributed by atoms with van der Waals surface area (Å²) in [5, 5.41) is 5.72. The third-order valence-corrected chi connectivity index (χ3v) is 7.17. The van der Waals surface area contributed by atoms with Crippen LogP contribution in [-0.2, 0) is 16.0 Å². The highest BCUT2D eigenvalue weighted by Crippen LogP contribution is 2.33. The van der Waals surface area contributed by atoms with E-state index < -0.39 is 11.6 Å². The summed E-state index contributed by atoms with van der Waals surface area (Å²) in [4.78, 5) is 46.0. The van der Waals surface area contributed by atoms with E-state index in [0.29, 0.717) is 46.6 Å². The van der Waals surface area contributed by atoms with Crippen molar-refractivity contribution in [1.29, 1.82) is 0 Å². The summed E-state index contributed by atoms with van der Waals surface area (Å²) in [6, 6.07) is 19.5. The Labute approximate surface area is 239 Å². The molecule has 0 aliphatic carbocycles. The lowest BCUT2D eigenvalue weighted by Gasteiger charge is -2.36. The van der Waals surface area contributed by atoms with Gasteiger partial charge < -0.3 is 15.5 Å². The molecule has 0 saturated heterocycles. The molecule has 1 aliphatic rings. The van der Waals surface area contributed by atoms with Crippen molar-refractivity contribution in [3.05, 3.63) is 83.4 Å². The van der Waals surface area contributed by atoms with E-state index in [2.05, 4.69) is 10.3 Å². The number of para-hydroxylation sites is 3. The standard InChI is InChI=1S/C32H35N5O4/c1-5-36(30(39)22-13-10-11-20(2)28(22)29-35-23-14-7-9-16-26(23)41-29)37-25-15-8-6-12-21(25)17-18-24(31(37)40)34-27(38)19-32(3,4)33/h6-16,24H,5,17-19,33H2,1-4H3,(H,34,38). The molecule has 1 aliphatic heterocycles. The first-order chi connectivity index (χ1) is 19.6. The third kappa shape index (κ3) is 5.71. The number of aryl methyl sites for hydroxylation is 2. The number of carbonyl (C=O) groups excluding carboxylic acids is 3. The molecule has 0 radical (unpaired) electrons. The van der Waals surface area contributed by atoms with E-state index >= 15 is 0 Å². The lowest BCUT2D eigenvalue weighted by molar-refractivity contribution is -0.129. The highest BCUT2D eigenvalue weighted by Gasteiger charge is 2.38. The average Bonchev–Trinajstić information content (AvgIpc) is 3.31. The molecular formula is C32H35N5O4. The lowest BCUT2D eigenvalue weighted by Crippen LogP contribution is -2.57. The second kappa shape index (κ2) is 11.2. The van der Waals surface area contributed by atoms with Gasteiger partial charge in [-0.05, 0) is 75.9 Å². The van der Waals surface area contributed by atoms with Gasteiger partial charge in [-0.15, -0.1) is 0 Å². The number of benzene rings is 3. The normalized spacial score (nSPS) is 15.4. The molecule has 1 aromatic heterocycles. The zero-order chi connectivity index (χ0) is 29.3. The minimum atomic E-state index is -0.826. The van der Waals surface area contributed by atoms with Crippen LogP contribution < -0.4 is 16.1 Å². The summed E-state index contributed by atoms with van der Waals surface area (Å²) in [5.41, 5.74) is 9.90. The Kier molecular flexibility index (Phi) is 7.64. The first-order valence-corrected chi connectivity index (χ1v) is 13.8. The number of rotatable bonds is 7. The number of hydrazine groups is 1. The number of nitrogens with zero attached hydrogens (tertiary/aromatic N) is 3. The molecule has 1 unspecified atom stereocenters. The second-order valence-electron chi connectivity index (χ2n) is 11.1. The SMILES string of the molecule is CCN(C(=O)c1cccc(C)c1-c1nc2ccccc2o1)N1C(=O)C(NC(=O)CC(C)(C)N)CCc2ccccc21. The van der Waals surface area contributed by atoms with E-state index in [1.807, 2.05) is 68.4 Å². The fraction of sp³-hybridized carbons (Fsp3) is 0.312. The number of aromatic nitrogens is 1. The van der Waals surface area contributed by atoms with Gasteiger partial charge in [0.05, 0.1) is 16.8 Å². The molecular weight excluding hydrogens is 518 g/mol. The largest absolute Gasteiger partial charge is 0.436 e. The van der Waals surface area contributed by atoms with Crippen molar-refractivity contribution < 1.29 is 18.8 Å². The van der Waals surface area contributed by atoms with Gasteiger partial charge in [-0.2, -0.15) is 0 Å². The maximum Gasteiger partial charge on any atom is 0.273 e. The van der Waals surface area contributed by atoms with E-state index in [4.69, 9.17) is 10.2 Å². The van der Waals surface area contributed by atoms with E-state index in [9.17, 15) is 14.4 Å². The minimum absolute atomic E-state index is 0.0668. The molecule has 41 heavy (non-hydrogen) atoms. The molecule has 212 valence electrons. The van der Waals surface area contributed by atoms with Crippen LogP contribution in [0.1, 0.15) is 55.1 Å². The van der Waals surface area contributed by atoms with Gasteiger partial charge in [0.2, 0.25) is 11.8 Å². The molecule has 0 bridgehead atoms. The predicted molar refractivity (Wildman–Crippen MR) is 158 cm³/mol. The van der Waals surface area contributed by atoms with Gasteiger partial charge in [-0.25, -0.2) is 15.0 Å². The number of nitrogens with one attached hydrogen (secondary N) is 1. The van der Waals surface area contributed by atoms with Crippen molar-refractivity contribution in [2.45, 2.75) is 58.5 Å². The smallest absolute Gasteiger partial charge is 0.273 e. The quantitative estimate of drug-likeness (QED) is 0.340.